The van der Waals surface area contributed by atoms with Gasteiger partial charge in [0.05, 0.1) is 13.2 Å². The van der Waals surface area contributed by atoms with E-state index in [1.54, 1.807) is 0 Å². The predicted molar refractivity (Wildman–Crippen MR) is 108 cm³/mol. The highest BCUT2D eigenvalue weighted by molar-refractivity contribution is 7.48. The van der Waals surface area contributed by atoms with Gasteiger partial charge in [-0.2, -0.15) is 0 Å². The SMILES string of the molecule is CC(=O)OCOP(=O)(OCOC(C)=O)OCC(O)[C@@](C)(O)C(OCCF)n1ccc(=O)[nH]c1=O. The first-order valence-corrected chi connectivity index (χ1v) is 11.0. The second kappa shape index (κ2) is 13.4. The highest BCUT2D eigenvalue weighted by Gasteiger charge is 2.43. The van der Waals surface area contributed by atoms with Crippen LogP contribution in [0.15, 0.2) is 21.9 Å². The Bertz CT molecular complexity index is 955. The number of aromatic amines is 1. The molecule has 1 rings (SSSR count). The van der Waals surface area contributed by atoms with Gasteiger partial charge in [-0.1, -0.05) is 0 Å². The normalized spacial score (nSPS) is 15.2. The second-order valence-corrected chi connectivity index (χ2v) is 8.35. The van der Waals surface area contributed by atoms with Crippen LogP contribution in [-0.2, 0) is 41.9 Å². The molecule has 1 heterocycles. The summed E-state index contributed by atoms with van der Waals surface area (Å²) in [6, 6.07) is 0.923. The number of rotatable bonds is 15. The van der Waals surface area contributed by atoms with E-state index in [0.29, 0.717) is 4.57 Å². The average molecular weight is 516 g/mol. The van der Waals surface area contributed by atoms with Gasteiger partial charge in [-0.05, 0) is 6.92 Å². The summed E-state index contributed by atoms with van der Waals surface area (Å²) in [6.45, 7) is -1.33. The van der Waals surface area contributed by atoms with Crippen molar-refractivity contribution in [2.24, 2.45) is 0 Å². The molecule has 0 spiro atoms. The van der Waals surface area contributed by atoms with Gasteiger partial charge in [0.2, 0.25) is 13.6 Å². The fraction of sp³-hybridized carbons (Fsp3) is 0.647. The third-order valence-corrected chi connectivity index (χ3v) is 5.28. The van der Waals surface area contributed by atoms with Crippen LogP contribution < -0.4 is 11.2 Å². The molecule has 0 saturated carbocycles. The number of halogens is 1. The van der Waals surface area contributed by atoms with Gasteiger partial charge >= 0.3 is 25.5 Å². The Hall–Kier alpha value is -2.46. The molecule has 15 nitrogen and oxygen atoms in total. The largest absolute Gasteiger partial charge is 0.480 e. The van der Waals surface area contributed by atoms with Crippen LogP contribution in [0.5, 0.6) is 0 Å². The molecule has 0 saturated heterocycles. The first kappa shape index (κ1) is 29.6. The Morgan fingerprint density at radius 1 is 1.18 bits per heavy atom. The number of aliphatic hydroxyl groups is 2. The molecule has 0 radical (unpaired) electrons. The first-order chi connectivity index (χ1) is 15.8. The van der Waals surface area contributed by atoms with Crippen molar-refractivity contribution in [2.45, 2.75) is 38.7 Å². The van der Waals surface area contributed by atoms with E-state index in [-0.39, 0.29) is 0 Å². The van der Waals surface area contributed by atoms with Crippen molar-refractivity contribution in [1.82, 2.24) is 9.55 Å². The number of ether oxygens (including phenoxy) is 3. The molecule has 0 aliphatic heterocycles. The van der Waals surface area contributed by atoms with E-state index in [4.69, 9.17) is 18.3 Å². The zero-order valence-corrected chi connectivity index (χ0v) is 19.4. The van der Waals surface area contributed by atoms with Crippen LogP contribution in [-0.4, -0.2) is 76.9 Å². The zero-order valence-electron chi connectivity index (χ0n) is 18.5. The smallest absolute Gasteiger partial charge is 0.438 e. The lowest BCUT2D eigenvalue weighted by molar-refractivity contribution is -0.195. The van der Waals surface area contributed by atoms with Crippen LogP contribution in [0.3, 0.4) is 0 Å². The average Bonchev–Trinajstić information content (AvgIpc) is 2.73. The maximum absolute atomic E-state index is 12.7. The van der Waals surface area contributed by atoms with Gasteiger partial charge < -0.3 is 24.4 Å². The minimum Gasteiger partial charge on any atom is -0.438 e. The molecular formula is C17H26FN2O13P. The molecule has 17 heteroatoms. The number of carbonyl (C=O) groups is 2. The molecule has 3 atom stereocenters. The van der Waals surface area contributed by atoms with Crippen molar-refractivity contribution in [2.75, 3.05) is 33.5 Å². The summed E-state index contributed by atoms with van der Waals surface area (Å²) in [6.07, 6.45) is -2.78. The molecule has 0 fully saturated rings. The van der Waals surface area contributed by atoms with Crippen molar-refractivity contribution in [3.63, 3.8) is 0 Å². The van der Waals surface area contributed by atoms with Crippen LogP contribution in [0, 0.1) is 0 Å². The van der Waals surface area contributed by atoms with Gasteiger partial charge in [-0.15, -0.1) is 0 Å². The van der Waals surface area contributed by atoms with Crippen molar-refractivity contribution < 1.29 is 56.5 Å². The van der Waals surface area contributed by atoms with Gasteiger partial charge in [-0.3, -0.25) is 28.5 Å². The highest BCUT2D eigenvalue weighted by Crippen LogP contribution is 2.50. The molecule has 3 N–H and O–H groups in total. The number of hydrogen-bond donors (Lipinski definition) is 3. The van der Waals surface area contributed by atoms with Crippen molar-refractivity contribution >= 4 is 19.8 Å². The summed E-state index contributed by atoms with van der Waals surface area (Å²) in [4.78, 5) is 47.1. The predicted octanol–water partition coefficient (Wildman–Crippen LogP) is -0.668. The number of H-pyrrole nitrogens is 1. The third-order valence-electron chi connectivity index (χ3n) is 3.97. The number of aliphatic hydroxyl groups excluding tert-OH is 1. The number of phosphoric ester groups is 1. The van der Waals surface area contributed by atoms with E-state index in [2.05, 4.69) is 9.47 Å². The monoisotopic (exact) mass is 516 g/mol. The summed E-state index contributed by atoms with van der Waals surface area (Å²) in [7, 11) is -4.64. The van der Waals surface area contributed by atoms with Gasteiger partial charge in [0, 0.05) is 26.1 Å². The minimum atomic E-state index is -4.64. The molecule has 0 bridgehead atoms. The fourth-order valence-corrected chi connectivity index (χ4v) is 3.16. The molecule has 34 heavy (non-hydrogen) atoms. The number of aromatic nitrogens is 2. The Morgan fingerprint density at radius 3 is 2.21 bits per heavy atom. The lowest BCUT2D eigenvalue weighted by atomic mass is 9.97. The van der Waals surface area contributed by atoms with Crippen molar-refractivity contribution in [3.8, 4) is 0 Å². The molecular weight excluding hydrogens is 490 g/mol. The summed E-state index contributed by atoms with van der Waals surface area (Å²) in [5.41, 5.74) is -4.21. The molecule has 194 valence electrons. The third kappa shape index (κ3) is 9.42. The lowest BCUT2D eigenvalue weighted by Gasteiger charge is -2.37. The Kier molecular flexibility index (Phi) is 11.7. The van der Waals surface area contributed by atoms with E-state index in [1.165, 1.54) is 0 Å². The molecule has 1 aromatic rings. The van der Waals surface area contributed by atoms with Crippen LogP contribution in [0.4, 0.5) is 4.39 Å². The maximum atomic E-state index is 12.7. The zero-order chi connectivity index (χ0) is 25.9. The number of nitrogens with one attached hydrogen (secondary N) is 1. The number of carbonyl (C=O) groups excluding carboxylic acids is 2. The molecule has 2 unspecified atom stereocenters. The first-order valence-electron chi connectivity index (χ1n) is 9.52. The summed E-state index contributed by atoms with van der Waals surface area (Å²) >= 11 is 0. The number of alkyl halides is 1. The van der Waals surface area contributed by atoms with Crippen molar-refractivity contribution in [1.29, 1.82) is 0 Å². The molecule has 0 aliphatic rings. The quantitative estimate of drug-likeness (QED) is 0.151. The number of esters is 2. The summed E-state index contributed by atoms with van der Waals surface area (Å²) < 4.78 is 54.6. The van der Waals surface area contributed by atoms with Gasteiger partial charge in [0.25, 0.3) is 5.56 Å². The van der Waals surface area contributed by atoms with Crippen molar-refractivity contribution in [3.05, 3.63) is 33.1 Å². The number of nitrogens with zero attached hydrogens (tertiary/aromatic N) is 1. The number of hydrogen-bond acceptors (Lipinski definition) is 13. The number of phosphoric acid groups is 1. The van der Waals surface area contributed by atoms with Crippen LogP contribution >= 0.6 is 7.82 Å². The maximum Gasteiger partial charge on any atom is 0.480 e. The van der Waals surface area contributed by atoms with Gasteiger partial charge in [0.15, 0.2) is 6.23 Å². The second-order valence-electron chi connectivity index (χ2n) is 6.68. The summed E-state index contributed by atoms with van der Waals surface area (Å²) in [5.74, 6) is -1.59. The van der Waals surface area contributed by atoms with E-state index in [0.717, 1.165) is 33.0 Å². The van der Waals surface area contributed by atoms with E-state index in [9.17, 15) is 38.3 Å². The molecule has 0 aliphatic carbocycles. The Balaban J connectivity index is 3.05. The van der Waals surface area contributed by atoms with E-state index in [1.807, 2.05) is 4.98 Å². The lowest BCUT2D eigenvalue weighted by Crippen LogP contribution is -2.52. The highest BCUT2D eigenvalue weighted by atomic mass is 31.2. The molecule has 0 aromatic carbocycles. The van der Waals surface area contributed by atoms with Crippen LogP contribution in [0.25, 0.3) is 0 Å². The van der Waals surface area contributed by atoms with Gasteiger partial charge in [-0.25, -0.2) is 22.8 Å². The Morgan fingerprint density at radius 2 is 1.74 bits per heavy atom. The van der Waals surface area contributed by atoms with E-state index < -0.39 is 82.4 Å². The standard InChI is InChI=1S/C17H26FN2O13P/c1-11(21)29-9-32-34(27,33-10-30-12(2)22)31-8-13(23)17(3,26)15(28-7-5-18)20-6-4-14(24)19-16(20)25/h4,6,13,15,23,26H,5,7-10H2,1-3H3,(H,19,24,25)/t13?,15?,17-/m1/s1. The molecule has 1 aromatic heterocycles. The summed E-state index contributed by atoms with van der Waals surface area (Å²) in [5, 5.41) is 21.4. The van der Waals surface area contributed by atoms with Gasteiger partial charge in [0.1, 0.15) is 18.4 Å². The fourth-order valence-electron chi connectivity index (χ4n) is 2.25. The van der Waals surface area contributed by atoms with Crippen LogP contribution in [0.1, 0.15) is 27.0 Å². The molecule has 0 amide bonds. The van der Waals surface area contributed by atoms with E-state index >= 15 is 0 Å². The van der Waals surface area contributed by atoms with Crippen LogP contribution in [0.2, 0.25) is 0 Å². The minimum absolute atomic E-state index is 0.602. The Labute approximate surface area is 191 Å². The topological polar surface area (TPSA) is 202 Å².